The zero-order chi connectivity index (χ0) is 13.3. The normalized spacial score (nSPS) is 12.4. The van der Waals surface area contributed by atoms with Gasteiger partial charge in [-0.1, -0.05) is 5.16 Å². The van der Waals surface area contributed by atoms with Gasteiger partial charge >= 0.3 is 0 Å². The van der Waals surface area contributed by atoms with Crippen LogP contribution in [0.25, 0.3) is 0 Å². The summed E-state index contributed by atoms with van der Waals surface area (Å²) in [5.74, 6) is 0.368. The number of nitrogens with zero attached hydrogens (tertiary/aromatic N) is 3. The van der Waals surface area contributed by atoms with Gasteiger partial charge in [-0.3, -0.25) is 9.48 Å². The maximum Gasteiger partial charge on any atom is 0.273 e. The van der Waals surface area contributed by atoms with E-state index in [0.717, 1.165) is 11.3 Å². The monoisotopic (exact) mass is 248 g/mol. The largest absolute Gasteiger partial charge is 0.361 e. The van der Waals surface area contributed by atoms with Crippen LogP contribution in [0.2, 0.25) is 0 Å². The number of aryl methyl sites for hydroxylation is 2. The average molecular weight is 248 g/mol. The van der Waals surface area contributed by atoms with Crippen LogP contribution in [-0.4, -0.2) is 20.8 Å². The van der Waals surface area contributed by atoms with E-state index in [1.165, 1.54) is 0 Å². The first-order valence-electron chi connectivity index (χ1n) is 5.71. The molecule has 1 N–H and O–H groups in total. The number of carbonyl (C=O) groups is 1. The molecule has 0 spiro atoms. The Balaban J connectivity index is 2.10. The van der Waals surface area contributed by atoms with E-state index in [9.17, 15) is 4.79 Å². The Morgan fingerprint density at radius 3 is 2.72 bits per heavy atom. The maximum atomic E-state index is 11.9. The fourth-order valence-electron chi connectivity index (χ4n) is 1.76. The minimum absolute atomic E-state index is 0.122. The number of hydrogen-bond donors (Lipinski definition) is 1. The van der Waals surface area contributed by atoms with Gasteiger partial charge in [0.1, 0.15) is 5.76 Å². The van der Waals surface area contributed by atoms with E-state index < -0.39 is 0 Å². The zero-order valence-electron chi connectivity index (χ0n) is 10.9. The molecule has 96 valence electrons. The van der Waals surface area contributed by atoms with Crippen LogP contribution >= 0.6 is 0 Å². The summed E-state index contributed by atoms with van der Waals surface area (Å²) in [5, 5.41) is 10.7. The van der Waals surface area contributed by atoms with Crippen molar-refractivity contribution in [2.24, 2.45) is 7.05 Å². The molecule has 0 radical (unpaired) electrons. The van der Waals surface area contributed by atoms with Gasteiger partial charge in [0.05, 0.1) is 12.2 Å². The molecule has 0 saturated heterocycles. The molecule has 2 aromatic rings. The molecule has 2 rings (SSSR count). The van der Waals surface area contributed by atoms with Crippen molar-refractivity contribution in [1.82, 2.24) is 20.3 Å². The highest BCUT2D eigenvalue weighted by molar-refractivity contribution is 5.92. The molecule has 0 aliphatic heterocycles. The van der Waals surface area contributed by atoms with Gasteiger partial charge in [-0.15, -0.1) is 0 Å². The van der Waals surface area contributed by atoms with Crippen molar-refractivity contribution in [3.63, 3.8) is 0 Å². The van der Waals surface area contributed by atoms with E-state index in [4.69, 9.17) is 4.52 Å². The number of carbonyl (C=O) groups excluding carboxylic acids is 1. The zero-order valence-corrected chi connectivity index (χ0v) is 10.9. The van der Waals surface area contributed by atoms with Crippen molar-refractivity contribution in [2.75, 3.05) is 0 Å². The van der Waals surface area contributed by atoms with E-state index in [-0.39, 0.29) is 11.9 Å². The molecule has 1 amide bonds. The number of amides is 1. The van der Waals surface area contributed by atoms with E-state index in [1.807, 2.05) is 20.9 Å². The molecule has 0 unspecified atom stereocenters. The minimum atomic E-state index is -0.248. The third kappa shape index (κ3) is 2.27. The van der Waals surface area contributed by atoms with Crippen molar-refractivity contribution in [2.45, 2.75) is 26.8 Å². The third-order valence-corrected chi connectivity index (χ3v) is 2.95. The Morgan fingerprint density at radius 1 is 1.50 bits per heavy atom. The van der Waals surface area contributed by atoms with E-state index in [1.54, 1.807) is 23.9 Å². The molecule has 0 aliphatic rings. The maximum absolute atomic E-state index is 11.9. The van der Waals surface area contributed by atoms with Crippen LogP contribution in [0.5, 0.6) is 0 Å². The molecule has 6 heteroatoms. The van der Waals surface area contributed by atoms with Gasteiger partial charge in [-0.25, -0.2) is 0 Å². The first-order chi connectivity index (χ1) is 8.49. The number of nitrogens with one attached hydrogen (secondary N) is 1. The van der Waals surface area contributed by atoms with Crippen LogP contribution in [-0.2, 0) is 7.05 Å². The molecule has 0 bridgehead atoms. The van der Waals surface area contributed by atoms with Crippen LogP contribution < -0.4 is 5.32 Å². The molecule has 0 saturated carbocycles. The molecular formula is C12H16N4O2. The van der Waals surface area contributed by atoms with Crippen LogP contribution in [0.15, 0.2) is 16.8 Å². The van der Waals surface area contributed by atoms with Crippen molar-refractivity contribution >= 4 is 5.91 Å². The summed E-state index contributed by atoms with van der Waals surface area (Å²) in [4.78, 5) is 11.9. The van der Waals surface area contributed by atoms with Crippen LogP contribution in [0.4, 0.5) is 0 Å². The van der Waals surface area contributed by atoms with Gasteiger partial charge in [0.25, 0.3) is 5.91 Å². The second-order valence-electron chi connectivity index (χ2n) is 4.33. The summed E-state index contributed by atoms with van der Waals surface area (Å²) in [6, 6.07) is 1.49. The summed E-state index contributed by atoms with van der Waals surface area (Å²) in [6.07, 6.45) is 1.76. The highest BCUT2D eigenvalue weighted by Gasteiger charge is 2.17. The Hall–Kier alpha value is -2.11. The SMILES string of the molecule is Cc1cc(C(=O)N[C@@H](C)c2cnn(C)c2C)no1. The topological polar surface area (TPSA) is 73.0 Å². The molecule has 0 aliphatic carbocycles. The van der Waals surface area contributed by atoms with Crippen LogP contribution in [0, 0.1) is 13.8 Å². The first kappa shape index (κ1) is 12.3. The second-order valence-corrected chi connectivity index (χ2v) is 4.33. The standard InChI is InChI=1S/C12H16N4O2/c1-7-5-11(15-18-7)12(17)14-8(2)10-6-13-16(4)9(10)3/h5-6,8H,1-4H3,(H,14,17)/t8-/m0/s1. The van der Waals surface area contributed by atoms with Crippen LogP contribution in [0.3, 0.4) is 0 Å². The Labute approximate surface area is 105 Å². The minimum Gasteiger partial charge on any atom is -0.361 e. The molecule has 18 heavy (non-hydrogen) atoms. The summed E-state index contributed by atoms with van der Waals surface area (Å²) in [7, 11) is 1.87. The van der Waals surface area contributed by atoms with Gasteiger partial charge in [0.15, 0.2) is 5.69 Å². The number of hydrogen-bond acceptors (Lipinski definition) is 4. The lowest BCUT2D eigenvalue weighted by Crippen LogP contribution is -2.27. The van der Waals surface area contributed by atoms with Crippen molar-refractivity contribution in [3.05, 3.63) is 35.0 Å². The lowest BCUT2D eigenvalue weighted by molar-refractivity contribution is 0.0930. The Kier molecular flexibility index (Phi) is 3.18. The molecule has 2 heterocycles. The Morgan fingerprint density at radius 2 is 2.22 bits per heavy atom. The molecule has 6 nitrogen and oxygen atoms in total. The highest BCUT2D eigenvalue weighted by atomic mass is 16.5. The quantitative estimate of drug-likeness (QED) is 0.893. The van der Waals surface area contributed by atoms with Crippen molar-refractivity contribution < 1.29 is 9.32 Å². The summed E-state index contributed by atoms with van der Waals surface area (Å²) in [6.45, 7) is 5.62. The van der Waals surface area contributed by atoms with Gasteiger partial charge in [0, 0.05) is 24.4 Å². The lowest BCUT2D eigenvalue weighted by Gasteiger charge is -2.12. The van der Waals surface area contributed by atoms with Crippen molar-refractivity contribution in [1.29, 1.82) is 0 Å². The summed E-state index contributed by atoms with van der Waals surface area (Å²) in [5.41, 5.74) is 2.31. The fraction of sp³-hybridized carbons (Fsp3) is 0.417. The molecule has 0 fully saturated rings. The van der Waals surface area contributed by atoms with Gasteiger partial charge in [-0.2, -0.15) is 5.10 Å². The average Bonchev–Trinajstić information content (AvgIpc) is 2.87. The van der Waals surface area contributed by atoms with Gasteiger partial charge < -0.3 is 9.84 Å². The van der Waals surface area contributed by atoms with E-state index in [0.29, 0.717) is 11.5 Å². The molecule has 2 aromatic heterocycles. The fourth-order valence-corrected chi connectivity index (χ4v) is 1.76. The first-order valence-corrected chi connectivity index (χ1v) is 5.71. The predicted molar refractivity (Wildman–Crippen MR) is 65.1 cm³/mol. The molecule has 1 atom stereocenters. The van der Waals surface area contributed by atoms with Gasteiger partial charge in [-0.05, 0) is 20.8 Å². The van der Waals surface area contributed by atoms with E-state index in [2.05, 4.69) is 15.6 Å². The molecule has 0 aromatic carbocycles. The predicted octanol–water partition coefficient (Wildman–Crippen LogP) is 1.52. The van der Waals surface area contributed by atoms with Crippen molar-refractivity contribution in [3.8, 4) is 0 Å². The Bertz CT molecular complexity index is 570. The second kappa shape index (κ2) is 4.64. The summed E-state index contributed by atoms with van der Waals surface area (Å²) >= 11 is 0. The smallest absolute Gasteiger partial charge is 0.273 e. The summed E-state index contributed by atoms with van der Waals surface area (Å²) < 4.78 is 6.65. The highest BCUT2D eigenvalue weighted by Crippen LogP contribution is 2.16. The van der Waals surface area contributed by atoms with Crippen LogP contribution in [0.1, 0.15) is 40.5 Å². The number of aromatic nitrogens is 3. The number of rotatable bonds is 3. The molecular weight excluding hydrogens is 232 g/mol. The third-order valence-electron chi connectivity index (χ3n) is 2.95. The van der Waals surface area contributed by atoms with E-state index >= 15 is 0 Å². The van der Waals surface area contributed by atoms with Gasteiger partial charge in [0.2, 0.25) is 0 Å². The lowest BCUT2D eigenvalue weighted by atomic mass is 10.1.